The smallest absolute Gasteiger partial charge is 0.109 e. The molecule has 0 unspecified atom stereocenters. The molecule has 1 fully saturated rings. The number of fused-ring (bicyclic) bond motifs is 1. The quantitative estimate of drug-likeness (QED) is 0.790. The van der Waals surface area contributed by atoms with Crippen LogP contribution in [0.4, 0.5) is 0 Å². The van der Waals surface area contributed by atoms with Crippen molar-refractivity contribution in [2.75, 3.05) is 20.1 Å². The molecule has 0 aliphatic carbocycles. The zero-order valence-electron chi connectivity index (χ0n) is 12.4. The number of nitrogens with zero attached hydrogens (tertiary/aromatic N) is 4. The van der Waals surface area contributed by atoms with Crippen LogP contribution in [0.1, 0.15) is 38.4 Å². The van der Waals surface area contributed by atoms with Crippen LogP contribution in [-0.2, 0) is 0 Å². The lowest BCUT2D eigenvalue weighted by Gasteiger charge is -2.29. The summed E-state index contributed by atoms with van der Waals surface area (Å²) in [6, 6.07) is 4.74. The second kappa shape index (κ2) is 6.15. The molecule has 0 N–H and O–H groups in total. The molecule has 1 saturated heterocycles. The third kappa shape index (κ3) is 2.95. The minimum absolute atomic E-state index is 0.535. The first-order valence-electron chi connectivity index (χ1n) is 7.23. The van der Waals surface area contributed by atoms with Crippen LogP contribution in [0.5, 0.6) is 0 Å². The molecule has 104 valence electrons. The van der Waals surface area contributed by atoms with Gasteiger partial charge in [-0.3, -0.25) is 4.68 Å². The van der Waals surface area contributed by atoms with E-state index in [1.807, 2.05) is 27.0 Å². The predicted octanol–water partition coefficient (Wildman–Crippen LogP) is 3.03. The Morgan fingerprint density at radius 3 is 2.53 bits per heavy atom. The van der Waals surface area contributed by atoms with E-state index in [-0.39, 0.29) is 0 Å². The maximum absolute atomic E-state index is 4.52. The summed E-state index contributed by atoms with van der Waals surface area (Å²) in [7, 11) is 2.18. The molecule has 1 aliphatic heterocycles. The van der Waals surface area contributed by atoms with Crippen molar-refractivity contribution in [2.24, 2.45) is 0 Å². The van der Waals surface area contributed by atoms with Crippen LogP contribution in [-0.4, -0.2) is 39.8 Å². The molecule has 2 aromatic rings. The Morgan fingerprint density at radius 2 is 1.84 bits per heavy atom. The number of rotatable bonds is 1. The average Bonchev–Trinajstić information content (AvgIpc) is 2.85. The Balaban J connectivity index is 0.000000637. The molecule has 0 amide bonds. The fraction of sp³-hybridized carbons (Fsp3) is 0.600. The lowest BCUT2D eigenvalue weighted by molar-refractivity contribution is 0.215. The molecule has 1 aliphatic rings. The number of hydrogen-bond acceptors (Lipinski definition) is 3. The first-order chi connectivity index (χ1) is 9.24. The van der Waals surface area contributed by atoms with Gasteiger partial charge >= 0.3 is 0 Å². The lowest BCUT2D eigenvalue weighted by atomic mass is 10.1. The van der Waals surface area contributed by atoms with E-state index in [9.17, 15) is 0 Å². The predicted molar refractivity (Wildman–Crippen MR) is 79.4 cm³/mol. The van der Waals surface area contributed by atoms with E-state index < -0.39 is 0 Å². The Kier molecular flexibility index (Phi) is 4.53. The van der Waals surface area contributed by atoms with E-state index in [4.69, 9.17) is 0 Å². The Morgan fingerprint density at radius 1 is 1.16 bits per heavy atom. The van der Waals surface area contributed by atoms with Gasteiger partial charge in [0.05, 0.1) is 17.8 Å². The van der Waals surface area contributed by atoms with Gasteiger partial charge in [-0.1, -0.05) is 13.8 Å². The summed E-state index contributed by atoms with van der Waals surface area (Å²) in [6.07, 6.45) is 4.25. The van der Waals surface area contributed by atoms with Crippen molar-refractivity contribution in [1.82, 2.24) is 19.7 Å². The zero-order valence-corrected chi connectivity index (χ0v) is 12.4. The summed E-state index contributed by atoms with van der Waals surface area (Å²) in [5, 5.41) is 4.52. The van der Waals surface area contributed by atoms with Gasteiger partial charge in [-0.15, -0.1) is 0 Å². The van der Waals surface area contributed by atoms with Gasteiger partial charge in [0, 0.05) is 5.69 Å². The zero-order chi connectivity index (χ0) is 13.8. The van der Waals surface area contributed by atoms with E-state index in [0.717, 1.165) is 24.3 Å². The average molecular weight is 260 g/mol. The number of piperidine rings is 1. The van der Waals surface area contributed by atoms with Gasteiger partial charge in [0.1, 0.15) is 5.52 Å². The van der Waals surface area contributed by atoms with Crippen molar-refractivity contribution in [3.05, 3.63) is 24.0 Å². The summed E-state index contributed by atoms with van der Waals surface area (Å²) >= 11 is 0. The first-order valence-corrected chi connectivity index (χ1v) is 7.23. The second-order valence-corrected chi connectivity index (χ2v) is 4.98. The number of aryl methyl sites for hydroxylation is 1. The van der Waals surface area contributed by atoms with Crippen molar-refractivity contribution in [1.29, 1.82) is 0 Å². The number of pyridine rings is 1. The van der Waals surface area contributed by atoms with Crippen LogP contribution >= 0.6 is 0 Å². The molecule has 0 radical (unpaired) electrons. The van der Waals surface area contributed by atoms with Crippen LogP contribution in [0.3, 0.4) is 0 Å². The molecule has 4 heteroatoms. The van der Waals surface area contributed by atoms with Crippen LogP contribution in [0, 0.1) is 6.92 Å². The molecular weight excluding hydrogens is 236 g/mol. The Bertz CT molecular complexity index is 524. The highest BCUT2D eigenvalue weighted by molar-refractivity contribution is 5.74. The number of aromatic nitrogens is 3. The largest absolute Gasteiger partial charge is 0.306 e. The van der Waals surface area contributed by atoms with E-state index in [1.54, 1.807) is 0 Å². The normalized spacial score (nSPS) is 17.3. The van der Waals surface area contributed by atoms with Gasteiger partial charge in [-0.2, -0.15) is 5.10 Å². The van der Waals surface area contributed by atoms with Gasteiger partial charge in [0.2, 0.25) is 0 Å². The van der Waals surface area contributed by atoms with Crippen LogP contribution in [0.15, 0.2) is 18.3 Å². The fourth-order valence-corrected chi connectivity index (χ4v) is 2.57. The lowest BCUT2D eigenvalue weighted by Crippen LogP contribution is -2.31. The summed E-state index contributed by atoms with van der Waals surface area (Å²) in [5.41, 5.74) is 3.24. The Hall–Kier alpha value is -1.42. The molecule has 19 heavy (non-hydrogen) atoms. The molecular formula is C15H24N4. The summed E-state index contributed by atoms with van der Waals surface area (Å²) in [6.45, 7) is 8.34. The van der Waals surface area contributed by atoms with Crippen molar-refractivity contribution in [2.45, 2.75) is 39.7 Å². The topological polar surface area (TPSA) is 34.0 Å². The van der Waals surface area contributed by atoms with E-state index in [2.05, 4.69) is 38.8 Å². The molecule has 0 spiro atoms. The van der Waals surface area contributed by atoms with Crippen molar-refractivity contribution < 1.29 is 0 Å². The molecule has 3 heterocycles. The minimum Gasteiger partial charge on any atom is -0.306 e. The molecule has 2 aromatic heterocycles. The highest BCUT2D eigenvalue weighted by atomic mass is 15.3. The highest BCUT2D eigenvalue weighted by Gasteiger charge is 2.20. The number of likely N-dealkylation sites (tertiary alicyclic amines) is 1. The van der Waals surface area contributed by atoms with Gasteiger partial charge in [-0.25, -0.2) is 4.98 Å². The SMILES string of the molecule is CC.Cc1ccc2c(cnn2C2CCN(C)CC2)n1. The summed E-state index contributed by atoms with van der Waals surface area (Å²) < 4.78 is 2.16. The molecule has 4 nitrogen and oxygen atoms in total. The van der Waals surface area contributed by atoms with E-state index in [1.165, 1.54) is 18.4 Å². The van der Waals surface area contributed by atoms with Crippen molar-refractivity contribution in [3.8, 4) is 0 Å². The first kappa shape index (κ1) is 14.0. The monoisotopic (exact) mass is 260 g/mol. The summed E-state index contributed by atoms with van der Waals surface area (Å²) in [4.78, 5) is 6.89. The molecule has 0 saturated carbocycles. The maximum Gasteiger partial charge on any atom is 0.109 e. The van der Waals surface area contributed by atoms with Crippen LogP contribution in [0.2, 0.25) is 0 Å². The standard InChI is InChI=1S/C13H18N4.C2H6/c1-10-3-4-13-12(15-10)9-14-17(13)11-5-7-16(2)8-6-11;1-2/h3-4,9,11H,5-8H2,1-2H3;1-2H3. The van der Waals surface area contributed by atoms with Gasteiger partial charge in [-0.05, 0) is 52.0 Å². The molecule has 0 aromatic carbocycles. The Labute approximate surface area is 115 Å². The molecule has 0 atom stereocenters. The van der Waals surface area contributed by atoms with Gasteiger partial charge in [0.25, 0.3) is 0 Å². The second-order valence-electron chi connectivity index (χ2n) is 4.98. The van der Waals surface area contributed by atoms with Gasteiger partial charge in [0.15, 0.2) is 0 Å². The minimum atomic E-state index is 0.535. The molecule has 3 rings (SSSR count). The van der Waals surface area contributed by atoms with Crippen molar-refractivity contribution in [3.63, 3.8) is 0 Å². The fourth-order valence-electron chi connectivity index (χ4n) is 2.57. The highest BCUT2D eigenvalue weighted by Crippen LogP contribution is 2.25. The van der Waals surface area contributed by atoms with E-state index >= 15 is 0 Å². The van der Waals surface area contributed by atoms with E-state index in [0.29, 0.717) is 6.04 Å². The summed E-state index contributed by atoms with van der Waals surface area (Å²) in [5.74, 6) is 0. The number of hydrogen-bond donors (Lipinski definition) is 0. The third-order valence-corrected chi connectivity index (χ3v) is 3.63. The van der Waals surface area contributed by atoms with Gasteiger partial charge < -0.3 is 4.90 Å². The molecule has 0 bridgehead atoms. The maximum atomic E-state index is 4.52. The third-order valence-electron chi connectivity index (χ3n) is 3.63. The van der Waals surface area contributed by atoms with Crippen LogP contribution in [0.25, 0.3) is 11.0 Å². The van der Waals surface area contributed by atoms with Crippen molar-refractivity contribution >= 4 is 11.0 Å². The van der Waals surface area contributed by atoms with Crippen LogP contribution < -0.4 is 0 Å².